The third-order valence-electron chi connectivity index (χ3n) is 2.84. The van der Waals surface area contributed by atoms with E-state index in [0.717, 1.165) is 18.6 Å². The topological polar surface area (TPSA) is 78.8 Å². The fourth-order valence-electron chi connectivity index (χ4n) is 1.94. The van der Waals surface area contributed by atoms with Crippen LogP contribution in [0.1, 0.15) is 33.6 Å². The van der Waals surface area contributed by atoms with Crippen LogP contribution in [-0.4, -0.2) is 58.1 Å². The molecule has 6 heteroatoms. The zero-order valence-corrected chi connectivity index (χ0v) is 12.7. The summed E-state index contributed by atoms with van der Waals surface area (Å²) in [4.78, 5) is 11.2. The Bertz CT molecular complexity index is 285. The lowest BCUT2D eigenvalue weighted by atomic mass is 10.1. The number of carboxylic acids is 1. The zero-order valence-electron chi connectivity index (χ0n) is 11.9. The number of hydrogen-bond acceptors (Lipinski definition) is 5. The lowest BCUT2D eigenvalue weighted by Gasteiger charge is -2.28. The van der Waals surface area contributed by atoms with Crippen LogP contribution in [0.3, 0.4) is 0 Å². The van der Waals surface area contributed by atoms with E-state index in [0.29, 0.717) is 12.4 Å². The van der Waals surface area contributed by atoms with Crippen molar-refractivity contribution in [1.82, 2.24) is 5.32 Å². The molecular formula is C13H25NO4S. The summed E-state index contributed by atoms with van der Waals surface area (Å²) in [6.07, 6.45) is 1.42. The summed E-state index contributed by atoms with van der Waals surface area (Å²) in [5.41, 5.74) is -0.213. The fraction of sp³-hybridized carbons (Fsp3) is 0.923. The number of carbonyl (C=O) groups is 1. The van der Waals surface area contributed by atoms with E-state index in [-0.39, 0.29) is 17.7 Å². The summed E-state index contributed by atoms with van der Waals surface area (Å²) in [5, 5.41) is 21.6. The van der Waals surface area contributed by atoms with Gasteiger partial charge in [0.25, 0.3) is 0 Å². The molecule has 3 unspecified atom stereocenters. The van der Waals surface area contributed by atoms with Gasteiger partial charge < -0.3 is 14.9 Å². The third-order valence-corrected chi connectivity index (χ3v) is 4.02. The van der Waals surface area contributed by atoms with Gasteiger partial charge in [0, 0.05) is 17.0 Å². The van der Waals surface area contributed by atoms with Crippen LogP contribution < -0.4 is 5.32 Å². The summed E-state index contributed by atoms with van der Waals surface area (Å²) in [5.74, 6) is 0.486. The first-order valence-corrected chi connectivity index (χ1v) is 7.81. The maximum atomic E-state index is 11.2. The average Bonchev–Trinajstić information content (AvgIpc) is 2.28. The maximum absolute atomic E-state index is 11.2. The second-order valence-electron chi connectivity index (χ2n) is 6.01. The molecule has 0 aromatic rings. The highest BCUT2D eigenvalue weighted by Gasteiger charge is 2.24. The minimum atomic E-state index is -0.817. The number of aliphatic hydroxyl groups is 1. The number of ether oxygens (including phenoxy) is 1. The molecule has 1 aliphatic heterocycles. The van der Waals surface area contributed by atoms with Crippen LogP contribution in [0.15, 0.2) is 0 Å². The molecule has 3 atom stereocenters. The van der Waals surface area contributed by atoms with Crippen LogP contribution in [0.5, 0.6) is 0 Å². The molecule has 0 bridgehead atoms. The number of rotatable bonds is 6. The summed E-state index contributed by atoms with van der Waals surface area (Å²) < 4.78 is 5.49. The van der Waals surface area contributed by atoms with E-state index in [1.165, 1.54) is 0 Å². The predicted octanol–water partition coefficient (Wildman–Crippen LogP) is 1.10. The Morgan fingerprint density at radius 2 is 2.16 bits per heavy atom. The first-order chi connectivity index (χ1) is 8.78. The van der Waals surface area contributed by atoms with E-state index in [4.69, 9.17) is 9.84 Å². The van der Waals surface area contributed by atoms with E-state index < -0.39 is 12.0 Å². The van der Waals surface area contributed by atoms with Crippen LogP contribution in [0.25, 0.3) is 0 Å². The van der Waals surface area contributed by atoms with Gasteiger partial charge in [-0.25, -0.2) is 0 Å². The monoisotopic (exact) mass is 291 g/mol. The molecule has 0 aromatic heterocycles. The van der Waals surface area contributed by atoms with Gasteiger partial charge in [0.05, 0.1) is 18.8 Å². The molecule has 19 heavy (non-hydrogen) atoms. The molecule has 5 nitrogen and oxygen atoms in total. The Labute approximate surface area is 119 Å². The van der Waals surface area contributed by atoms with Gasteiger partial charge in [-0.15, -0.1) is 0 Å². The second kappa shape index (κ2) is 7.47. The Morgan fingerprint density at radius 3 is 2.63 bits per heavy atom. The SMILES string of the molecule is CC(C)(C)NC(CSCC1CCC(O)CO1)C(=O)O. The average molecular weight is 291 g/mol. The number of nitrogens with one attached hydrogen (secondary N) is 1. The molecule has 0 aliphatic carbocycles. The molecule has 0 saturated carbocycles. The Hall–Kier alpha value is -0.300. The van der Waals surface area contributed by atoms with Gasteiger partial charge >= 0.3 is 5.97 Å². The van der Waals surface area contributed by atoms with Crippen molar-refractivity contribution in [2.75, 3.05) is 18.1 Å². The maximum Gasteiger partial charge on any atom is 0.321 e. The largest absolute Gasteiger partial charge is 0.480 e. The molecule has 1 heterocycles. The van der Waals surface area contributed by atoms with Crippen molar-refractivity contribution in [3.05, 3.63) is 0 Å². The van der Waals surface area contributed by atoms with Crippen molar-refractivity contribution in [2.45, 2.75) is 57.4 Å². The smallest absolute Gasteiger partial charge is 0.321 e. The summed E-state index contributed by atoms with van der Waals surface area (Å²) in [6.45, 7) is 6.27. The van der Waals surface area contributed by atoms with Crippen molar-refractivity contribution in [3.63, 3.8) is 0 Å². The van der Waals surface area contributed by atoms with Gasteiger partial charge in [0.2, 0.25) is 0 Å². The van der Waals surface area contributed by atoms with Crippen LogP contribution >= 0.6 is 11.8 Å². The number of aliphatic hydroxyl groups excluding tert-OH is 1. The molecule has 1 saturated heterocycles. The Kier molecular flexibility index (Phi) is 6.59. The van der Waals surface area contributed by atoms with E-state index >= 15 is 0 Å². The quantitative estimate of drug-likeness (QED) is 0.680. The van der Waals surface area contributed by atoms with Crippen molar-refractivity contribution < 1.29 is 19.7 Å². The highest BCUT2D eigenvalue weighted by atomic mass is 32.2. The molecule has 0 spiro atoms. The van der Waals surface area contributed by atoms with Crippen LogP contribution in [0, 0.1) is 0 Å². The van der Waals surface area contributed by atoms with Gasteiger partial charge in [0.15, 0.2) is 0 Å². The van der Waals surface area contributed by atoms with E-state index in [1.807, 2.05) is 20.8 Å². The van der Waals surface area contributed by atoms with Crippen LogP contribution in [0.4, 0.5) is 0 Å². The van der Waals surface area contributed by atoms with Gasteiger partial charge in [-0.3, -0.25) is 10.1 Å². The fourth-order valence-corrected chi connectivity index (χ4v) is 3.06. The molecule has 0 amide bonds. The van der Waals surface area contributed by atoms with Gasteiger partial charge in [-0.05, 0) is 33.6 Å². The van der Waals surface area contributed by atoms with Crippen molar-refractivity contribution in [2.24, 2.45) is 0 Å². The zero-order chi connectivity index (χ0) is 14.5. The lowest BCUT2D eigenvalue weighted by molar-refractivity contribution is -0.139. The third kappa shape index (κ3) is 7.15. The summed E-state index contributed by atoms with van der Waals surface area (Å²) in [6, 6.07) is -0.542. The first kappa shape index (κ1) is 16.8. The Morgan fingerprint density at radius 1 is 1.47 bits per heavy atom. The minimum absolute atomic E-state index is 0.137. The molecule has 1 fully saturated rings. The molecule has 0 radical (unpaired) electrons. The standard InChI is InChI=1S/C13H25NO4S/c1-13(2,3)14-11(12(16)17)8-19-7-10-5-4-9(15)6-18-10/h9-11,14-15H,4-8H2,1-3H3,(H,16,17). The van der Waals surface area contributed by atoms with E-state index in [9.17, 15) is 9.90 Å². The van der Waals surface area contributed by atoms with Gasteiger partial charge in [-0.2, -0.15) is 11.8 Å². The normalized spacial score (nSPS) is 26.1. The summed E-state index contributed by atoms with van der Waals surface area (Å²) in [7, 11) is 0. The van der Waals surface area contributed by atoms with E-state index in [2.05, 4.69) is 5.32 Å². The number of carboxylic acid groups (broad SMARTS) is 1. The second-order valence-corrected chi connectivity index (χ2v) is 7.08. The number of hydrogen-bond donors (Lipinski definition) is 3. The van der Waals surface area contributed by atoms with Gasteiger partial charge in [0.1, 0.15) is 6.04 Å². The molecule has 112 valence electrons. The van der Waals surface area contributed by atoms with Crippen molar-refractivity contribution in [1.29, 1.82) is 0 Å². The molecule has 1 aliphatic rings. The van der Waals surface area contributed by atoms with Gasteiger partial charge in [-0.1, -0.05) is 0 Å². The number of aliphatic carboxylic acids is 1. The predicted molar refractivity (Wildman–Crippen MR) is 76.6 cm³/mol. The molecule has 0 aromatic carbocycles. The van der Waals surface area contributed by atoms with Crippen LogP contribution in [0.2, 0.25) is 0 Å². The summed E-state index contributed by atoms with van der Waals surface area (Å²) >= 11 is 1.59. The Balaban J connectivity index is 2.27. The highest BCUT2D eigenvalue weighted by Crippen LogP contribution is 2.18. The van der Waals surface area contributed by atoms with Crippen molar-refractivity contribution in [3.8, 4) is 0 Å². The van der Waals surface area contributed by atoms with Crippen LogP contribution in [-0.2, 0) is 9.53 Å². The van der Waals surface area contributed by atoms with Crippen molar-refractivity contribution >= 4 is 17.7 Å². The number of thioether (sulfide) groups is 1. The molecular weight excluding hydrogens is 266 g/mol. The lowest BCUT2D eigenvalue weighted by Crippen LogP contribution is -2.49. The molecule has 1 rings (SSSR count). The first-order valence-electron chi connectivity index (χ1n) is 6.66. The molecule has 3 N–H and O–H groups in total. The van der Waals surface area contributed by atoms with E-state index in [1.54, 1.807) is 11.8 Å². The minimum Gasteiger partial charge on any atom is -0.480 e. The highest BCUT2D eigenvalue weighted by molar-refractivity contribution is 7.99.